The van der Waals surface area contributed by atoms with Crippen molar-refractivity contribution in [2.24, 2.45) is 0 Å². The first-order valence-corrected chi connectivity index (χ1v) is 20.7. The number of benzene rings is 9. The first-order valence-electron chi connectivity index (χ1n) is 20.7. The van der Waals surface area contributed by atoms with Gasteiger partial charge in [-0.3, -0.25) is 0 Å². The molecule has 0 bridgehead atoms. The quantitative estimate of drug-likeness (QED) is 0.146. The maximum Gasteiger partial charge on any atom is 0.0548 e. The number of rotatable bonds is 8. The zero-order valence-corrected chi connectivity index (χ0v) is 33.0. The van der Waals surface area contributed by atoms with E-state index in [0.29, 0.717) is 0 Å². The summed E-state index contributed by atoms with van der Waals surface area (Å²) in [5.74, 6) is 0. The fourth-order valence-corrected chi connectivity index (χ4v) is 9.32. The minimum absolute atomic E-state index is 1.11. The molecule has 11 rings (SSSR count). The van der Waals surface area contributed by atoms with E-state index in [9.17, 15) is 0 Å². The van der Waals surface area contributed by atoms with E-state index in [-0.39, 0.29) is 0 Å². The van der Waals surface area contributed by atoms with E-state index in [2.05, 4.69) is 228 Å². The molecule has 0 aliphatic carbocycles. The Labute approximate surface area is 344 Å². The van der Waals surface area contributed by atoms with Crippen molar-refractivity contribution in [2.75, 3.05) is 0 Å². The molecule has 2 heterocycles. The summed E-state index contributed by atoms with van der Waals surface area (Å²) in [5, 5.41) is 5.07. The minimum atomic E-state index is 1.11. The van der Waals surface area contributed by atoms with E-state index in [4.69, 9.17) is 0 Å². The van der Waals surface area contributed by atoms with Crippen molar-refractivity contribution < 1.29 is 0 Å². The molecule has 59 heavy (non-hydrogen) atoms. The highest BCUT2D eigenvalue weighted by atomic mass is 15.0. The molecule has 0 amide bonds. The van der Waals surface area contributed by atoms with Crippen LogP contribution in [0.3, 0.4) is 0 Å². The predicted molar refractivity (Wildman–Crippen MR) is 251 cm³/mol. The third kappa shape index (κ3) is 5.96. The van der Waals surface area contributed by atoms with Crippen molar-refractivity contribution >= 4 is 43.6 Å². The Morgan fingerprint density at radius 2 is 0.746 bits per heavy atom. The smallest absolute Gasteiger partial charge is 0.0548 e. The van der Waals surface area contributed by atoms with E-state index in [1.807, 2.05) is 0 Å². The van der Waals surface area contributed by atoms with Crippen molar-refractivity contribution in [1.29, 1.82) is 0 Å². The van der Waals surface area contributed by atoms with Crippen LogP contribution >= 0.6 is 0 Å². The normalized spacial score (nSPS) is 11.6. The molecule has 0 aliphatic heterocycles. The second-order valence-electron chi connectivity index (χ2n) is 15.6. The summed E-state index contributed by atoms with van der Waals surface area (Å²) in [7, 11) is 0. The molecule has 0 unspecified atom stereocenters. The monoisotopic (exact) mass is 754 g/mol. The van der Waals surface area contributed by atoms with Gasteiger partial charge < -0.3 is 9.13 Å². The largest absolute Gasteiger partial charge is 0.309 e. The van der Waals surface area contributed by atoms with Gasteiger partial charge >= 0.3 is 0 Å². The Hall–Kier alpha value is -7.42. The third-order valence-corrected chi connectivity index (χ3v) is 12.1. The molecule has 0 radical (unpaired) electrons. The highest BCUT2D eigenvalue weighted by Crippen LogP contribution is 2.43. The van der Waals surface area contributed by atoms with E-state index in [1.54, 1.807) is 0 Å². The number of fused-ring (bicyclic) bond motifs is 7. The van der Waals surface area contributed by atoms with Crippen molar-refractivity contribution in [3.8, 4) is 55.9 Å². The summed E-state index contributed by atoms with van der Waals surface area (Å²) in [4.78, 5) is 0. The molecule has 0 saturated heterocycles. The van der Waals surface area contributed by atoms with Crippen LogP contribution in [0.2, 0.25) is 0 Å². The summed E-state index contributed by atoms with van der Waals surface area (Å²) in [6, 6.07) is 77.8. The number of hydrogen-bond acceptors (Lipinski definition) is 0. The molecule has 0 atom stereocenters. The van der Waals surface area contributed by atoms with Gasteiger partial charge in [0.25, 0.3) is 0 Å². The van der Waals surface area contributed by atoms with Gasteiger partial charge in [-0.2, -0.15) is 0 Å². The van der Waals surface area contributed by atoms with Crippen molar-refractivity contribution in [3.63, 3.8) is 0 Å². The standard InChI is InChI=1S/C57H42N2/c1-2-13-39-14-12-17-45(38-39)42-26-24-40(25-27-42)41-28-32-46(33-29-41)58-52-22-10-8-20-50(52)56-54(58)36-37-55-57(56)51-21-9-11-23-53(51)59(55)47-34-30-44(31-35-47)49-19-7-6-18-48(49)43-15-4-3-5-16-43/h3-12,14-38H,2,13H2,1H3. The van der Waals surface area contributed by atoms with Gasteiger partial charge in [0.1, 0.15) is 0 Å². The number of hydrogen-bond donors (Lipinski definition) is 0. The zero-order valence-electron chi connectivity index (χ0n) is 33.0. The van der Waals surface area contributed by atoms with Crippen molar-refractivity contribution in [3.05, 3.63) is 218 Å². The van der Waals surface area contributed by atoms with Gasteiger partial charge in [0, 0.05) is 32.9 Å². The van der Waals surface area contributed by atoms with Gasteiger partial charge in [0.05, 0.1) is 22.1 Å². The molecule has 0 fully saturated rings. The second-order valence-corrected chi connectivity index (χ2v) is 15.6. The highest BCUT2D eigenvalue weighted by Gasteiger charge is 2.20. The number of para-hydroxylation sites is 2. The lowest BCUT2D eigenvalue weighted by Crippen LogP contribution is -1.95. The van der Waals surface area contributed by atoms with Crippen LogP contribution in [0.4, 0.5) is 0 Å². The van der Waals surface area contributed by atoms with Gasteiger partial charge in [-0.15, -0.1) is 0 Å². The minimum Gasteiger partial charge on any atom is -0.309 e. The average molecular weight is 755 g/mol. The Kier molecular flexibility index (Phi) is 8.56. The Bertz CT molecular complexity index is 3290. The Morgan fingerprint density at radius 1 is 0.322 bits per heavy atom. The predicted octanol–water partition coefficient (Wildman–Crippen LogP) is 15.5. The summed E-state index contributed by atoms with van der Waals surface area (Å²) >= 11 is 0. The maximum atomic E-state index is 2.44. The molecule has 2 nitrogen and oxygen atoms in total. The summed E-state index contributed by atoms with van der Waals surface area (Å²) < 4.78 is 4.87. The number of nitrogens with zero attached hydrogens (tertiary/aromatic N) is 2. The average Bonchev–Trinajstić information content (AvgIpc) is 3.83. The first-order chi connectivity index (χ1) is 29.2. The maximum absolute atomic E-state index is 2.44. The lowest BCUT2D eigenvalue weighted by molar-refractivity contribution is 0.922. The van der Waals surface area contributed by atoms with Gasteiger partial charge in [0.2, 0.25) is 0 Å². The molecule has 9 aromatic carbocycles. The summed E-state index contributed by atoms with van der Waals surface area (Å²) in [6.07, 6.45) is 2.27. The molecule has 2 heteroatoms. The SMILES string of the molecule is CCCc1cccc(-c2ccc(-c3ccc(-n4c5ccccc5c5c6c7ccccc7n(-c7ccc(-c8ccccc8-c8ccccc8)cc7)c6ccc54)cc3)cc2)c1. The lowest BCUT2D eigenvalue weighted by atomic mass is 9.94. The van der Waals surface area contributed by atoms with E-state index in [1.165, 1.54) is 93.7 Å². The third-order valence-electron chi connectivity index (χ3n) is 12.1. The Morgan fingerprint density at radius 3 is 1.29 bits per heavy atom. The van der Waals surface area contributed by atoms with Crippen LogP contribution < -0.4 is 0 Å². The van der Waals surface area contributed by atoms with Crippen LogP contribution in [0, 0.1) is 0 Å². The van der Waals surface area contributed by atoms with Crippen LogP contribution in [0.5, 0.6) is 0 Å². The van der Waals surface area contributed by atoms with Crippen LogP contribution in [0.15, 0.2) is 212 Å². The molecular formula is C57H42N2. The fourth-order valence-electron chi connectivity index (χ4n) is 9.32. The van der Waals surface area contributed by atoms with Gasteiger partial charge in [0.15, 0.2) is 0 Å². The molecule has 0 N–H and O–H groups in total. The summed E-state index contributed by atoms with van der Waals surface area (Å²) in [5.41, 5.74) is 18.4. The van der Waals surface area contributed by atoms with E-state index >= 15 is 0 Å². The number of aromatic nitrogens is 2. The van der Waals surface area contributed by atoms with Gasteiger partial charge in [-0.1, -0.05) is 177 Å². The van der Waals surface area contributed by atoms with E-state index < -0.39 is 0 Å². The molecule has 0 aliphatic rings. The molecular weight excluding hydrogens is 713 g/mol. The summed E-state index contributed by atoms with van der Waals surface area (Å²) in [6.45, 7) is 2.24. The molecule has 2 aromatic heterocycles. The van der Waals surface area contributed by atoms with Crippen LogP contribution in [-0.4, -0.2) is 9.13 Å². The molecule has 280 valence electrons. The zero-order chi connectivity index (χ0) is 39.3. The van der Waals surface area contributed by atoms with Crippen molar-refractivity contribution in [2.45, 2.75) is 19.8 Å². The lowest BCUT2D eigenvalue weighted by Gasteiger charge is -2.13. The molecule has 0 spiro atoms. The van der Waals surface area contributed by atoms with E-state index in [0.717, 1.165) is 24.2 Å². The topological polar surface area (TPSA) is 9.86 Å². The fraction of sp³-hybridized carbons (Fsp3) is 0.0526. The first kappa shape index (κ1) is 34.8. The second kappa shape index (κ2) is 14.5. The highest BCUT2D eigenvalue weighted by molar-refractivity contribution is 6.28. The van der Waals surface area contributed by atoms with Crippen LogP contribution in [0.1, 0.15) is 18.9 Å². The van der Waals surface area contributed by atoms with Gasteiger partial charge in [-0.25, -0.2) is 0 Å². The van der Waals surface area contributed by atoms with Crippen molar-refractivity contribution in [1.82, 2.24) is 9.13 Å². The molecule has 0 saturated carbocycles. The molecule has 11 aromatic rings. The van der Waals surface area contributed by atoms with Crippen LogP contribution in [-0.2, 0) is 6.42 Å². The van der Waals surface area contributed by atoms with Gasteiger partial charge in [-0.05, 0) is 105 Å². The number of aryl methyl sites for hydroxylation is 1. The van der Waals surface area contributed by atoms with Crippen LogP contribution in [0.25, 0.3) is 99.5 Å². The Balaban J connectivity index is 0.998.